The molecule has 1 aromatic carbocycles. The van der Waals surface area contributed by atoms with Crippen LogP contribution >= 0.6 is 11.8 Å². The molecule has 0 saturated carbocycles. The van der Waals surface area contributed by atoms with Crippen molar-refractivity contribution in [3.63, 3.8) is 0 Å². The lowest BCUT2D eigenvalue weighted by Gasteiger charge is -2.18. The molecule has 0 aliphatic carbocycles. The molecular formula is C17H19N5O4S. The van der Waals surface area contributed by atoms with Gasteiger partial charge in [-0.25, -0.2) is 9.36 Å². The van der Waals surface area contributed by atoms with Crippen LogP contribution in [0.4, 0.5) is 0 Å². The molecule has 0 radical (unpaired) electrons. The molecule has 0 aliphatic rings. The summed E-state index contributed by atoms with van der Waals surface area (Å²) in [6, 6.07) is 5.77. The number of aromatic nitrogens is 4. The van der Waals surface area contributed by atoms with Crippen LogP contribution in [-0.2, 0) is 11.3 Å². The maximum Gasteiger partial charge on any atom is 0.329 e. The van der Waals surface area contributed by atoms with E-state index in [9.17, 15) is 14.4 Å². The molecular weight excluding hydrogens is 370 g/mol. The van der Waals surface area contributed by atoms with E-state index in [2.05, 4.69) is 20.4 Å². The first-order valence-corrected chi connectivity index (χ1v) is 9.70. The number of H-pyrrole nitrogens is 1. The minimum absolute atomic E-state index is 0.0235. The molecule has 2 heterocycles. The molecule has 0 aliphatic heterocycles. The maximum absolute atomic E-state index is 12.9. The number of carbonyl (C=O) groups excluding carboxylic acids is 1. The van der Waals surface area contributed by atoms with Gasteiger partial charge in [-0.1, -0.05) is 17.3 Å². The van der Waals surface area contributed by atoms with Gasteiger partial charge in [-0.05, 0) is 37.5 Å². The van der Waals surface area contributed by atoms with Gasteiger partial charge in [0.25, 0.3) is 5.56 Å². The van der Waals surface area contributed by atoms with Gasteiger partial charge in [0, 0.05) is 0 Å². The molecule has 0 spiro atoms. The summed E-state index contributed by atoms with van der Waals surface area (Å²) in [4.78, 5) is 44.8. The van der Waals surface area contributed by atoms with Crippen LogP contribution in [0, 0.1) is 6.92 Å². The number of fused-ring (bicyclic) bond motifs is 1. The van der Waals surface area contributed by atoms with Crippen molar-refractivity contribution in [2.45, 2.75) is 25.9 Å². The molecule has 10 heteroatoms. The molecule has 27 heavy (non-hydrogen) atoms. The predicted molar refractivity (Wildman–Crippen MR) is 102 cm³/mol. The second kappa shape index (κ2) is 8.21. The molecule has 1 amide bonds. The summed E-state index contributed by atoms with van der Waals surface area (Å²) in [7, 11) is 0. The fraction of sp³-hybridized carbons (Fsp3) is 0.353. The highest BCUT2D eigenvalue weighted by Crippen LogP contribution is 2.13. The molecule has 9 nitrogen and oxygen atoms in total. The quantitative estimate of drug-likeness (QED) is 0.618. The van der Waals surface area contributed by atoms with Crippen LogP contribution in [0.1, 0.15) is 24.2 Å². The van der Waals surface area contributed by atoms with Crippen LogP contribution in [-0.4, -0.2) is 37.6 Å². The van der Waals surface area contributed by atoms with E-state index in [-0.39, 0.29) is 12.4 Å². The SMILES string of the molecule is CSCC[C@@H](C(=O)NCc1nc(C)no1)n1c(=O)[nH]c2ccccc2c1=O. The Morgan fingerprint density at radius 2 is 2.15 bits per heavy atom. The van der Waals surface area contributed by atoms with Crippen LogP contribution < -0.4 is 16.6 Å². The van der Waals surface area contributed by atoms with Crippen LogP contribution in [0.15, 0.2) is 38.4 Å². The lowest BCUT2D eigenvalue weighted by molar-refractivity contribution is -0.124. The third-order valence-corrected chi connectivity index (χ3v) is 4.67. The Morgan fingerprint density at radius 1 is 1.37 bits per heavy atom. The average Bonchev–Trinajstić information content (AvgIpc) is 3.07. The van der Waals surface area contributed by atoms with E-state index in [0.717, 1.165) is 4.57 Å². The molecule has 0 unspecified atom stereocenters. The van der Waals surface area contributed by atoms with Crippen molar-refractivity contribution in [3.8, 4) is 0 Å². The van der Waals surface area contributed by atoms with Crippen molar-refractivity contribution in [3.05, 3.63) is 56.8 Å². The topological polar surface area (TPSA) is 123 Å². The number of nitrogens with one attached hydrogen (secondary N) is 2. The second-order valence-electron chi connectivity index (χ2n) is 5.90. The van der Waals surface area contributed by atoms with E-state index >= 15 is 0 Å². The first-order valence-electron chi connectivity index (χ1n) is 8.30. The van der Waals surface area contributed by atoms with E-state index in [4.69, 9.17) is 4.52 Å². The number of carbonyl (C=O) groups is 1. The van der Waals surface area contributed by atoms with Gasteiger partial charge in [-0.2, -0.15) is 16.7 Å². The number of aromatic amines is 1. The number of hydrogen-bond acceptors (Lipinski definition) is 7. The Bertz CT molecular complexity index is 1070. The predicted octanol–water partition coefficient (Wildman–Crippen LogP) is 0.992. The summed E-state index contributed by atoms with van der Waals surface area (Å²) >= 11 is 1.53. The Balaban J connectivity index is 1.94. The maximum atomic E-state index is 12.9. The van der Waals surface area contributed by atoms with E-state index in [1.807, 2.05) is 6.26 Å². The monoisotopic (exact) mass is 389 g/mol. The summed E-state index contributed by atoms with van der Waals surface area (Å²) in [6.07, 6.45) is 2.22. The smallest absolute Gasteiger partial charge is 0.329 e. The van der Waals surface area contributed by atoms with Crippen LogP contribution in [0.2, 0.25) is 0 Å². The number of benzene rings is 1. The summed E-state index contributed by atoms with van der Waals surface area (Å²) in [5.74, 6) is 0.864. The van der Waals surface area contributed by atoms with Crippen LogP contribution in [0.5, 0.6) is 0 Å². The van der Waals surface area contributed by atoms with Crippen molar-refractivity contribution in [1.29, 1.82) is 0 Å². The molecule has 0 saturated heterocycles. The Hall–Kier alpha value is -2.88. The van der Waals surface area contributed by atoms with E-state index in [0.29, 0.717) is 28.9 Å². The van der Waals surface area contributed by atoms with Gasteiger partial charge in [0.05, 0.1) is 17.4 Å². The van der Waals surface area contributed by atoms with Crippen molar-refractivity contribution in [2.75, 3.05) is 12.0 Å². The number of aryl methyl sites for hydroxylation is 1. The van der Waals surface area contributed by atoms with Gasteiger partial charge < -0.3 is 14.8 Å². The molecule has 1 atom stereocenters. The van der Waals surface area contributed by atoms with Crippen molar-refractivity contribution >= 4 is 28.6 Å². The highest BCUT2D eigenvalue weighted by atomic mass is 32.2. The van der Waals surface area contributed by atoms with Gasteiger partial charge in [-0.15, -0.1) is 0 Å². The molecule has 2 N–H and O–H groups in total. The van der Waals surface area contributed by atoms with Gasteiger partial charge in [0.1, 0.15) is 6.04 Å². The van der Waals surface area contributed by atoms with E-state index in [1.54, 1.807) is 31.2 Å². The van der Waals surface area contributed by atoms with E-state index in [1.165, 1.54) is 11.8 Å². The summed E-state index contributed by atoms with van der Waals surface area (Å²) in [5.41, 5.74) is -0.674. The highest BCUT2D eigenvalue weighted by Gasteiger charge is 2.25. The number of nitrogens with zero attached hydrogens (tertiary/aromatic N) is 3. The molecule has 142 valence electrons. The molecule has 3 aromatic rings. The fourth-order valence-electron chi connectivity index (χ4n) is 2.76. The van der Waals surface area contributed by atoms with Gasteiger partial charge in [-0.3, -0.25) is 9.59 Å². The lowest BCUT2D eigenvalue weighted by atomic mass is 10.2. The number of hydrogen-bond donors (Lipinski definition) is 2. The zero-order valence-electron chi connectivity index (χ0n) is 14.9. The van der Waals surface area contributed by atoms with Crippen LogP contribution in [0.25, 0.3) is 10.9 Å². The molecule has 3 rings (SSSR count). The highest BCUT2D eigenvalue weighted by molar-refractivity contribution is 7.98. The third-order valence-electron chi connectivity index (χ3n) is 4.03. The summed E-state index contributed by atoms with van der Waals surface area (Å²) < 4.78 is 5.95. The Kier molecular flexibility index (Phi) is 5.75. The molecule has 2 aromatic heterocycles. The largest absolute Gasteiger partial charge is 0.345 e. The molecule has 0 fully saturated rings. The third kappa shape index (κ3) is 4.11. The zero-order valence-corrected chi connectivity index (χ0v) is 15.7. The minimum Gasteiger partial charge on any atom is -0.345 e. The Morgan fingerprint density at radius 3 is 2.85 bits per heavy atom. The molecule has 0 bridgehead atoms. The number of amides is 1. The normalized spacial score (nSPS) is 12.2. The zero-order chi connectivity index (χ0) is 19.4. The van der Waals surface area contributed by atoms with Crippen molar-refractivity contribution in [1.82, 2.24) is 25.0 Å². The minimum atomic E-state index is -0.942. The average molecular weight is 389 g/mol. The number of thioether (sulfide) groups is 1. The van der Waals surface area contributed by atoms with Crippen LogP contribution in [0.3, 0.4) is 0 Å². The van der Waals surface area contributed by atoms with E-state index < -0.39 is 23.2 Å². The number of rotatable bonds is 7. The summed E-state index contributed by atoms with van der Waals surface area (Å²) in [6.45, 7) is 1.69. The van der Waals surface area contributed by atoms with Crippen molar-refractivity contribution < 1.29 is 9.32 Å². The lowest BCUT2D eigenvalue weighted by Crippen LogP contribution is -2.44. The Labute approximate surface area is 158 Å². The first kappa shape index (κ1) is 18.9. The second-order valence-corrected chi connectivity index (χ2v) is 6.89. The standard InChI is InChI=1S/C17H19N5O4S/c1-10-19-14(26-21-10)9-18-15(23)13(7-8-27-2)22-16(24)11-5-3-4-6-12(11)20-17(22)25/h3-6,13H,7-9H2,1-2H3,(H,18,23)(H,20,25)/t13-/m0/s1. The van der Waals surface area contributed by atoms with Crippen molar-refractivity contribution in [2.24, 2.45) is 0 Å². The van der Waals surface area contributed by atoms with Gasteiger partial charge in [0.2, 0.25) is 11.8 Å². The fourth-order valence-corrected chi connectivity index (χ4v) is 3.22. The van der Waals surface area contributed by atoms with Gasteiger partial charge in [0.15, 0.2) is 5.82 Å². The van der Waals surface area contributed by atoms with Gasteiger partial charge >= 0.3 is 5.69 Å². The first-order chi connectivity index (χ1) is 13.0. The summed E-state index contributed by atoms with van der Waals surface area (Å²) in [5, 5.41) is 6.68. The number of para-hydroxylation sites is 1.